The average molecular weight is 334 g/mol. The standard InChI is InChI=1S/C4HBrINO2S/c5-2-1(3(8)9)7-4(6)10-2/h(H,8,9). The smallest absolute Gasteiger partial charge is 0.356 e. The summed E-state index contributed by atoms with van der Waals surface area (Å²) in [5.41, 5.74) is 0.0920. The Morgan fingerprint density at radius 3 is 2.60 bits per heavy atom. The topological polar surface area (TPSA) is 50.2 Å². The van der Waals surface area contributed by atoms with Crippen LogP contribution in [0, 0.1) is 3.01 Å². The number of carbonyl (C=O) groups is 1. The van der Waals surface area contributed by atoms with E-state index < -0.39 is 5.97 Å². The van der Waals surface area contributed by atoms with Crippen molar-refractivity contribution in [3.05, 3.63) is 12.5 Å². The van der Waals surface area contributed by atoms with Crippen molar-refractivity contribution in [1.29, 1.82) is 0 Å². The highest BCUT2D eigenvalue weighted by Crippen LogP contribution is 2.25. The molecule has 1 aromatic rings. The summed E-state index contributed by atoms with van der Waals surface area (Å²) in [6.07, 6.45) is 0. The molecule has 1 N–H and O–H groups in total. The van der Waals surface area contributed by atoms with E-state index in [1.54, 1.807) is 0 Å². The number of carboxylic acid groups (broad SMARTS) is 1. The minimum absolute atomic E-state index is 0.0920. The van der Waals surface area contributed by atoms with Crippen LogP contribution in [0.15, 0.2) is 3.79 Å². The normalized spacial score (nSPS) is 9.80. The molecule has 0 aliphatic carbocycles. The molecule has 0 atom stereocenters. The summed E-state index contributed by atoms with van der Waals surface area (Å²) in [6, 6.07) is 0. The van der Waals surface area contributed by atoms with Gasteiger partial charge in [0.25, 0.3) is 0 Å². The molecular formula is C4HBrINO2S. The third-order valence-corrected chi connectivity index (χ3v) is 3.16. The lowest BCUT2D eigenvalue weighted by Crippen LogP contribution is -1.96. The predicted molar refractivity (Wildman–Crippen MR) is 49.5 cm³/mol. The first kappa shape index (κ1) is 8.41. The lowest BCUT2D eigenvalue weighted by Gasteiger charge is -1.82. The average Bonchev–Trinajstić information content (AvgIpc) is 2.10. The highest BCUT2D eigenvalue weighted by atomic mass is 127. The molecule has 0 saturated heterocycles. The highest BCUT2D eigenvalue weighted by molar-refractivity contribution is 14.1. The molecular weight excluding hydrogens is 333 g/mol. The van der Waals surface area contributed by atoms with Gasteiger partial charge in [0.1, 0.15) is 3.79 Å². The quantitative estimate of drug-likeness (QED) is 0.802. The summed E-state index contributed by atoms with van der Waals surface area (Å²) >= 11 is 6.37. The summed E-state index contributed by atoms with van der Waals surface area (Å²) in [4.78, 5) is 14.1. The molecule has 0 saturated carbocycles. The molecule has 0 bridgehead atoms. The molecule has 1 aromatic heterocycles. The van der Waals surface area contributed by atoms with Gasteiger partial charge in [-0.2, -0.15) is 0 Å². The van der Waals surface area contributed by atoms with Gasteiger partial charge in [0.05, 0.1) is 0 Å². The van der Waals surface area contributed by atoms with Crippen LogP contribution in [0.2, 0.25) is 0 Å². The van der Waals surface area contributed by atoms with Crippen LogP contribution >= 0.6 is 49.9 Å². The Morgan fingerprint density at radius 2 is 2.40 bits per heavy atom. The molecule has 0 radical (unpaired) electrons. The number of nitrogens with zero attached hydrogens (tertiary/aromatic N) is 1. The Kier molecular flexibility index (Phi) is 2.64. The van der Waals surface area contributed by atoms with Crippen LogP contribution in [0.1, 0.15) is 10.5 Å². The van der Waals surface area contributed by atoms with Gasteiger partial charge >= 0.3 is 5.97 Å². The van der Waals surface area contributed by atoms with Crippen molar-refractivity contribution in [2.24, 2.45) is 0 Å². The van der Waals surface area contributed by atoms with E-state index in [-0.39, 0.29) is 5.69 Å². The number of rotatable bonds is 1. The molecule has 1 rings (SSSR count). The van der Waals surface area contributed by atoms with Gasteiger partial charge in [-0.3, -0.25) is 0 Å². The van der Waals surface area contributed by atoms with E-state index in [1.165, 1.54) is 11.3 Å². The third-order valence-electron chi connectivity index (χ3n) is 0.762. The molecule has 0 aliphatic rings. The van der Waals surface area contributed by atoms with E-state index in [2.05, 4.69) is 20.9 Å². The van der Waals surface area contributed by atoms with Crippen molar-refractivity contribution < 1.29 is 9.90 Å². The Hall–Kier alpha value is 0.310. The maximum Gasteiger partial charge on any atom is 0.356 e. The fourth-order valence-electron chi connectivity index (χ4n) is 0.409. The monoisotopic (exact) mass is 333 g/mol. The summed E-state index contributed by atoms with van der Waals surface area (Å²) in [5, 5.41) is 8.49. The maximum atomic E-state index is 10.3. The molecule has 6 heteroatoms. The fourth-order valence-corrected chi connectivity index (χ4v) is 3.45. The van der Waals surface area contributed by atoms with E-state index in [0.717, 1.165) is 3.01 Å². The van der Waals surface area contributed by atoms with Gasteiger partial charge in [0, 0.05) is 0 Å². The van der Waals surface area contributed by atoms with Crippen molar-refractivity contribution in [3.8, 4) is 0 Å². The summed E-state index contributed by atoms with van der Waals surface area (Å²) in [5.74, 6) is -0.994. The number of aromatic nitrogens is 1. The van der Waals surface area contributed by atoms with Crippen LogP contribution in [-0.2, 0) is 0 Å². The molecule has 0 fully saturated rings. The number of carboxylic acids is 1. The van der Waals surface area contributed by atoms with Crippen LogP contribution < -0.4 is 0 Å². The maximum absolute atomic E-state index is 10.3. The van der Waals surface area contributed by atoms with Crippen LogP contribution in [-0.4, -0.2) is 16.1 Å². The second-order valence-electron chi connectivity index (χ2n) is 1.39. The summed E-state index contributed by atoms with van der Waals surface area (Å²) in [7, 11) is 0. The summed E-state index contributed by atoms with van der Waals surface area (Å²) in [6.45, 7) is 0. The van der Waals surface area contributed by atoms with Crippen molar-refractivity contribution >= 4 is 55.8 Å². The van der Waals surface area contributed by atoms with Crippen LogP contribution in [0.4, 0.5) is 0 Å². The molecule has 1 heterocycles. The number of aromatic carboxylic acids is 1. The first-order valence-corrected chi connectivity index (χ1v) is 4.85. The van der Waals surface area contributed by atoms with Crippen LogP contribution in [0.5, 0.6) is 0 Å². The Labute approximate surface area is 82.7 Å². The van der Waals surface area contributed by atoms with Gasteiger partial charge in [-0.25, -0.2) is 9.78 Å². The van der Waals surface area contributed by atoms with E-state index in [9.17, 15) is 4.79 Å². The lowest BCUT2D eigenvalue weighted by atomic mass is 10.5. The van der Waals surface area contributed by atoms with E-state index in [1.807, 2.05) is 22.6 Å². The first-order chi connectivity index (χ1) is 4.61. The van der Waals surface area contributed by atoms with E-state index in [4.69, 9.17) is 5.11 Å². The van der Waals surface area contributed by atoms with Crippen LogP contribution in [0.25, 0.3) is 0 Å². The predicted octanol–water partition coefficient (Wildman–Crippen LogP) is 2.21. The molecule has 3 nitrogen and oxygen atoms in total. The zero-order chi connectivity index (χ0) is 7.72. The van der Waals surface area contributed by atoms with E-state index >= 15 is 0 Å². The number of hydrogen-bond acceptors (Lipinski definition) is 3. The van der Waals surface area contributed by atoms with Gasteiger partial charge in [0.15, 0.2) is 8.71 Å². The Balaban J connectivity index is 3.15. The first-order valence-electron chi connectivity index (χ1n) is 2.16. The molecule has 0 aromatic carbocycles. The van der Waals surface area contributed by atoms with Gasteiger partial charge < -0.3 is 5.11 Å². The van der Waals surface area contributed by atoms with Crippen molar-refractivity contribution in [3.63, 3.8) is 0 Å². The molecule has 10 heavy (non-hydrogen) atoms. The fraction of sp³-hybridized carbons (Fsp3) is 0. The van der Waals surface area contributed by atoms with Gasteiger partial charge in [-0.15, -0.1) is 11.3 Å². The minimum atomic E-state index is -0.994. The SMILES string of the molecule is O=C(O)c1nc(I)sc1Br. The summed E-state index contributed by atoms with van der Waals surface area (Å²) < 4.78 is 1.30. The Bertz CT molecular complexity index is 274. The molecule has 0 spiro atoms. The molecule has 0 amide bonds. The van der Waals surface area contributed by atoms with Crippen LogP contribution in [0.3, 0.4) is 0 Å². The highest BCUT2D eigenvalue weighted by Gasteiger charge is 2.13. The minimum Gasteiger partial charge on any atom is -0.476 e. The van der Waals surface area contributed by atoms with Crippen molar-refractivity contribution in [2.45, 2.75) is 0 Å². The molecule has 0 unspecified atom stereocenters. The van der Waals surface area contributed by atoms with Gasteiger partial charge in [0.2, 0.25) is 0 Å². The van der Waals surface area contributed by atoms with Crippen molar-refractivity contribution in [2.75, 3.05) is 0 Å². The van der Waals surface area contributed by atoms with Gasteiger partial charge in [-0.1, -0.05) is 0 Å². The second kappa shape index (κ2) is 3.14. The second-order valence-corrected chi connectivity index (χ2v) is 5.47. The van der Waals surface area contributed by atoms with Crippen molar-refractivity contribution in [1.82, 2.24) is 4.98 Å². The third kappa shape index (κ3) is 1.67. The van der Waals surface area contributed by atoms with Gasteiger partial charge in [-0.05, 0) is 38.5 Å². The zero-order valence-electron chi connectivity index (χ0n) is 4.47. The zero-order valence-corrected chi connectivity index (χ0v) is 9.03. The largest absolute Gasteiger partial charge is 0.476 e. The van der Waals surface area contributed by atoms with E-state index in [0.29, 0.717) is 3.79 Å². The molecule has 54 valence electrons. The number of hydrogen-bond donors (Lipinski definition) is 1. The number of thiazole rings is 1. The number of halogens is 2. The lowest BCUT2D eigenvalue weighted by molar-refractivity contribution is 0.0690. The molecule has 0 aliphatic heterocycles. The Morgan fingerprint density at radius 1 is 1.80 bits per heavy atom.